The maximum Gasteiger partial charge on any atom is 0.128 e. The number of phenolic OH excluding ortho intramolecular Hbond substituents is 1. The maximum absolute atomic E-state index is 11.3. The third-order valence-electron chi connectivity index (χ3n) is 7.74. The van der Waals surface area contributed by atoms with E-state index < -0.39 is 0 Å². The number of para-hydroxylation sites is 1. The van der Waals surface area contributed by atoms with Crippen LogP contribution in [0.15, 0.2) is 83.9 Å². The number of nitrogens with zero attached hydrogens (tertiary/aromatic N) is 2. The van der Waals surface area contributed by atoms with Crippen molar-refractivity contribution >= 4 is 33.5 Å². The maximum atomic E-state index is 11.3. The van der Waals surface area contributed by atoms with Crippen molar-refractivity contribution in [2.24, 2.45) is 4.99 Å². The highest BCUT2D eigenvalue weighted by atomic mass is 32.1. The molecule has 3 nitrogen and oxygen atoms in total. The summed E-state index contributed by atoms with van der Waals surface area (Å²) in [5, 5.41) is 12.2. The van der Waals surface area contributed by atoms with Crippen LogP contribution in [0.4, 0.5) is 5.69 Å². The van der Waals surface area contributed by atoms with Gasteiger partial charge in [-0.2, -0.15) is 0 Å². The summed E-state index contributed by atoms with van der Waals surface area (Å²) in [4.78, 5) is 10.2. The van der Waals surface area contributed by atoms with Gasteiger partial charge in [-0.05, 0) is 63.3 Å². The zero-order valence-corrected chi connectivity index (χ0v) is 27.1. The predicted molar refractivity (Wildman–Crippen MR) is 182 cm³/mol. The van der Waals surface area contributed by atoms with Crippen molar-refractivity contribution in [3.8, 4) is 27.4 Å². The SMILES string of the molecule is CC(C)(C)c1cc(C=Nc2ccccc2-c2nc3c(-c4ccccc4)cc(C(C)(C)C)cc3s2)c(O)c(C(C)(C)C)c1. The molecule has 1 heterocycles. The molecule has 0 aliphatic carbocycles. The lowest BCUT2D eigenvalue weighted by Gasteiger charge is -2.27. The monoisotopic (exact) mass is 574 g/mol. The average Bonchev–Trinajstić information content (AvgIpc) is 3.35. The van der Waals surface area contributed by atoms with Crippen molar-refractivity contribution in [2.75, 3.05) is 0 Å². The van der Waals surface area contributed by atoms with Crippen LogP contribution in [0.3, 0.4) is 0 Å². The molecule has 0 bridgehead atoms. The lowest BCUT2D eigenvalue weighted by atomic mass is 9.79. The highest BCUT2D eigenvalue weighted by Gasteiger charge is 2.25. The highest BCUT2D eigenvalue weighted by molar-refractivity contribution is 7.21. The molecule has 0 spiro atoms. The summed E-state index contributed by atoms with van der Waals surface area (Å²) in [7, 11) is 0. The second-order valence-electron chi connectivity index (χ2n) is 14.2. The zero-order chi connectivity index (χ0) is 30.4. The Kier molecular flexibility index (Phi) is 7.66. The number of fused-ring (bicyclic) bond motifs is 1. The quantitative estimate of drug-likeness (QED) is 0.217. The molecule has 0 aliphatic heterocycles. The van der Waals surface area contributed by atoms with Crippen LogP contribution in [0.5, 0.6) is 5.75 Å². The van der Waals surface area contributed by atoms with Gasteiger partial charge in [-0.25, -0.2) is 4.98 Å². The van der Waals surface area contributed by atoms with Crippen molar-refractivity contribution in [1.82, 2.24) is 4.98 Å². The van der Waals surface area contributed by atoms with Crippen LogP contribution in [0.25, 0.3) is 31.9 Å². The van der Waals surface area contributed by atoms with E-state index >= 15 is 0 Å². The number of phenols is 1. The molecule has 42 heavy (non-hydrogen) atoms. The minimum atomic E-state index is -0.199. The standard InChI is InChI=1S/C38H42N2OS/c1-36(2,3)26-19-25(34(41)30(21-26)38(7,8)9)23-39-31-18-14-13-17-28(31)35-40-33-29(24-15-11-10-12-16-24)20-27(37(4,5)6)22-32(33)42-35/h10-23,41H,1-9H3. The van der Waals surface area contributed by atoms with Crippen LogP contribution in [0.1, 0.15) is 84.6 Å². The molecule has 1 aromatic heterocycles. The van der Waals surface area contributed by atoms with Gasteiger partial charge in [-0.15, -0.1) is 11.3 Å². The number of benzene rings is 4. The second kappa shape index (κ2) is 10.8. The number of aromatic nitrogens is 1. The Morgan fingerprint density at radius 3 is 1.95 bits per heavy atom. The molecule has 0 fully saturated rings. The first-order valence-electron chi connectivity index (χ1n) is 14.6. The lowest BCUT2D eigenvalue weighted by molar-refractivity contribution is 0.444. The number of aliphatic imine (C=N–C) groups is 1. The summed E-state index contributed by atoms with van der Waals surface area (Å²) in [6.45, 7) is 19.8. The van der Waals surface area contributed by atoms with Gasteiger partial charge in [-0.3, -0.25) is 4.99 Å². The van der Waals surface area contributed by atoms with Crippen LogP contribution in [-0.4, -0.2) is 16.3 Å². The van der Waals surface area contributed by atoms with Gasteiger partial charge in [0.1, 0.15) is 10.8 Å². The third kappa shape index (κ3) is 6.05. The van der Waals surface area contributed by atoms with E-state index in [1.54, 1.807) is 17.6 Å². The molecule has 4 aromatic carbocycles. The van der Waals surface area contributed by atoms with Crippen molar-refractivity contribution in [2.45, 2.75) is 78.6 Å². The van der Waals surface area contributed by atoms with Gasteiger partial charge < -0.3 is 5.11 Å². The van der Waals surface area contributed by atoms with Crippen molar-refractivity contribution < 1.29 is 5.11 Å². The minimum Gasteiger partial charge on any atom is -0.507 e. The van der Waals surface area contributed by atoms with E-state index in [1.807, 2.05) is 18.2 Å². The largest absolute Gasteiger partial charge is 0.507 e. The van der Waals surface area contributed by atoms with Crippen molar-refractivity contribution in [1.29, 1.82) is 0 Å². The number of hydrogen-bond donors (Lipinski definition) is 1. The normalized spacial score (nSPS) is 12.9. The summed E-state index contributed by atoms with van der Waals surface area (Å²) in [5.74, 6) is 0.291. The Balaban J connectivity index is 1.64. The van der Waals surface area contributed by atoms with Gasteiger partial charge in [0.05, 0.1) is 15.9 Å². The second-order valence-corrected chi connectivity index (χ2v) is 15.3. The molecule has 4 heteroatoms. The van der Waals surface area contributed by atoms with E-state index in [1.165, 1.54) is 21.4 Å². The van der Waals surface area contributed by atoms with E-state index in [0.29, 0.717) is 5.75 Å². The Labute approximate surface area is 255 Å². The third-order valence-corrected chi connectivity index (χ3v) is 8.77. The molecule has 0 saturated carbocycles. The van der Waals surface area contributed by atoms with Crippen LogP contribution >= 0.6 is 11.3 Å². The Bertz CT molecular complexity index is 1770. The van der Waals surface area contributed by atoms with Crippen molar-refractivity contribution in [3.63, 3.8) is 0 Å². The molecule has 0 atom stereocenters. The van der Waals surface area contributed by atoms with Crippen molar-refractivity contribution in [3.05, 3.63) is 101 Å². The fraction of sp³-hybridized carbons (Fsp3) is 0.316. The number of rotatable bonds is 4. The van der Waals surface area contributed by atoms with E-state index in [4.69, 9.17) is 9.98 Å². The Morgan fingerprint density at radius 2 is 1.31 bits per heavy atom. The molecule has 1 N–H and O–H groups in total. The van der Waals surface area contributed by atoms with Gasteiger partial charge >= 0.3 is 0 Å². The van der Waals surface area contributed by atoms with Crippen LogP contribution in [-0.2, 0) is 16.2 Å². The number of hydrogen-bond acceptors (Lipinski definition) is 4. The molecule has 216 valence electrons. The van der Waals surface area contributed by atoms with Crippen LogP contribution < -0.4 is 0 Å². The molecular weight excluding hydrogens is 532 g/mol. The average molecular weight is 575 g/mol. The number of aromatic hydroxyl groups is 1. The van der Waals surface area contributed by atoms with Crippen LogP contribution in [0.2, 0.25) is 0 Å². The fourth-order valence-corrected chi connectivity index (χ4v) is 6.15. The predicted octanol–water partition coefficient (Wildman–Crippen LogP) is 11.0. The molecule has 5 rings (SSSR count). The van der Waals surface area contributed by atoms with Gasteiger partial charge in [0.2, 0.25) is 0 Å². The molecule has 5 aromatic rings. The topological polar surface area (TPSA) is 45.5 Å². The van der Waals surface area contributed by atoms with Crippen LogP contribution in [0, 0.1) is 0 Å². The van der Waals surface area contributed by atoms with Gasteiger partial charge in [-0.1, -0.05) is 111 Å². The summed E-state index contributed by atoms with van der Waals surface area (Å²) in [6.07, 6.45) is 1.80. The Hall–Kier alpha value is -3.76. The first-order chi connectivity index (χ1) is 19.6. The molecule has 0 aliphatic rings. The molecule has 0 radical (unpaired) electrons. The summed E-state index contributed by atoms with van der Waals surface area (Å²) in [5.41, 5.74) is 9.02. The van der Waals surface area contributed by atoms with E-state index in [0.717, 1.165) is 38.5 Å². The summed E-state index contributed by atoms with van der Waals surface area (Å²) < 4.78 is 1.17. The molecule has 0 unspecified atom stereocenters. The lowest BCUT2D eigenvalue weighted by Crippen LogP contribution is -2.17. The summed E-state index contributed by atoms with van der Waals surface area (Å²) in [6, 6.07) is 27.5. The fourth-order valence-electron chi connectivity index (χ4n) is 5.08. The van der Waals surface area contributed by atoms with E-state index in [2.05, 4.69) is 123 Å². The zero-order valence-electron chi connectivity index (χ0n) is 26.3. The smallest absolute Gasteiger partial charge is 0.128 e. The van der Waals surface area contributed by atoms with E-state index in [-0.39, 0.29) is 16.2 Å². The van der Waals surface area contributed by atoms with Gasteiger partial charge in [0.15, 0.2) is 0 Å². The summed E-state index contributed by atoms with van der Waals surface area (Å²) >= 11 is 1.71. The first-order valence-corrected chi connectivity index (χ1v) is 15.5. The van der Waals surface area contributed by atoms with E-state index in [9.17, 15) is 5.11 Å². The molecular formula is C38H42N2OS. The molecule has 0 amide bonds. The minimum absolute atomic E-state index is 0.0135. The number of thiazole rings is 1. The first kappa shape index (κ1) is 29.7. The Morgan fingerprint density at radius 1 is 0.690 bits per heavy atom. The van der Waals surface area contributed by atoms with Gasteiger partial charge in [0.25, 0.3) is 0 Å². The highest BCUT2D eigenvalue weighted by Crippen LogP contribution is 2.42. The van der Waals surface area contributed by atoms with Gasteiger partial charge in [0, 0.05) is 28.5 Å². The molecule has 0 saturated heterocycles.